The van der Waals surface area contributed by atoms with Crippen LogP contribution in [0.15, 0.2) is 18.2 Å². The molecule has 0 saturated heterocycles. The molecule has 1 fully saturated rings. The van der Waals surface area contributed by atoms with Gasteiger partial charge in [0.05, 0.1) is 24.9 Å². The van der Waals surface area contributed by atoms with Gasteiger partial charge >= 0.3 is 0 Å². The molecular weight excluding hydrogens is 233 g/mol. The Hall–Kier alpha value is -1.29. The Morgan fingerprint density at radius 3 is 2.83 bits per heavy atom. The summed E-state index contributed by atoms with van der Waals surface area (Å²) in [6.07, 6.45) is 4.50. The number of benzene rings is 1. The zero-order valence-corrected chi connectivity index (χ0v) is 10.7. The highest BCUT2D eigenvalue weighted by atomic mass is 19.1. The van der Waals surface area contributed by atoms with Gasteiger partial charge in [-0.1, -0.05) is 19.3 Å². The lowest BCUT2D eigenvalue weighted by atomic mass is 10.1. The molecule has 0 bridgehead atoms. The molecule has 1 aliphatic carbocycles. The summed E-state index contributed by atoms with van der Waals surface area (Å²) in [7, 11) is 1.55. The highest BCUT2D eigenvalue weighted by Crippen LogP contribution is 2.26. The van der Waals surface area contributed by atoms with E-state index in [0.29, 0.717) is 11.4 Å². The van der Waals surface area contributed by atoms with Crippen molar-refractivity contribution in [3.05, 3.63) is 24.0 Å². The van der Waals surface area contributed by atoms with Crippen molar-refractivity contribution < 1.29 is 14.2 Å². The summed E-state index contributed by atoms with van der Waals surface area (Å²) in [5.74, 6) is 0.300. The van der Waals surface area contributed by atoms with Gasteiger partial charge in [0, 0.05) is 6.07 Å². The molecule has 0 aromatic heterocycles. The zero-order chi connectivity index (χ0) is 13.0. The fraction of sp³-hybridized carbons (Fsp3) is 0.571. The van der Waals surface area contributed by atoms with Gasteiger partial charge in [-0.05, 0) is 25.0 Å². The molecule has 0 radical (unpaired) electrons. The van der Waals surface area contributed by atoms with E-state index < -0.39 is 6.10 Å². The predicted octanol–water partition coefficient (Wildman–Crippen LogP) is 2.94. The smallest absolute Gasteiger partial charge is 0.146 e. The molecule has 2 rings (SSSR count). The lowest BCUT2D eigenvalue weighted by Gasteiger charge is -2.23. The highest BCUT2D eigenvalue weighted by Gasteiger charge is 2.22. The first kappa shape index (κ1) is 13.1. The molecule has 0 spiro atoms. The lowest BCUT2D eigenvalue weighted by Crippen LogP contribution is -2.32. The van der Waals surface area contributed by atoms with Crippen LogP contribution in [0.25, 0.3) is 0 Å². The van der Waals surface area contributed by atoms with E-state index in [2.05, 4.69) is 5.32 Å². The van der Waals surface area contributed by atoms with Crippen LogP contribution in [0.5, 0.6) is 5.75 Å². The second-order valence-corrected chi connectivity index (χ2v) is 4.80. The summed E-state index contributed by atoms with van der Waals surface area (Å²) in [4.78, 5) is 0. The van der Waals surface area contributed by atoms with Gasteiger partial charge in [-0.2, -0.15) is 0 Å². The summed E-state index contributed by atoms with van der Waals surface area (Å²) in [6.45, 7) is 0. The Balaban J connectivity index is 2.11. The Kier molecular flexibility index (Phi) is 4.42. The minimum Gasteiger partial charge on any atom is -0.497 e. The molecule has 1 aromatic rings. The molecule has 100 valence electrons. The quantitative estimate of drug-likeness (QED) is 0.814. The summed E-state index contributed by atoms with van der Waals surface area (Å²) in [6, 6.07) is 4.52. The number of methoxy groups -OCH3 is 1. The molecule has 4 heteroatoms. The summed E-state index contributed by atoms with van der Waals surface area (Å²) in [5.41, 5.74) is 0.403. The summed E-state index contributed by atoms with van der Waals surface area (Å²) in [5, 5.41) is 13.1. The Bertz CT molecular complexity index is 397. The average molecular weight is 253 g/mol. The third kappa shape index (κ3) is 3.13. The third-order valence-electron chi connectivity index (χ3n) is 3.49. The zero-order valence-electron chi connectivity index (χ0n) is 10.7. The van der Waals surface area contributed by atoms with Crippen LogP contribution in [0, 0.1) is 5.82 Å². The number of anilines is 1. The Morgan fingerprint density at radius 2 is 2.06 bits per heavy atom. The van der Waals surface area contributed by atoms with Crippen LogP contribution >= 0.6 is 0 Å². The van der Waals surface area contributed by atoms with E-state index in [1.54, 1.807) is 19.2 Å². The van der Waals surface area contributed by atoms with Crippen molar-refractivity contribution in [2.24, 2.45) is 0 Å². The van der Waals surface area contributed by atoms with Gasteiger partial charge in [-0.15, -0.1) is 0 Å². The largest absolute Gasteiger partial charge is 0.497 e. The number of nitrogens with one attached hydrogen (secondary N) is 1. The minimum absolute atomic E-state index is 0.0749. The number of rotatable bonds is 3. The topological polar surface area (TPSA) is 41.5 Å². The van der Waals surface area contributed by atoms with E-state index in [1.165, 1.54) is 6.07 Å². The average Bonchev–Trinajstić information content (AvgIpc) is 2.58. The highest BCUT2D eigenvalue weighted by molar-refractivity contribution is 5.50. The number of aliphatic hydroxyl groups excluding tert-OH is 1. The Morgan fingerprint density at radius 1 is 1.28 bits per heavy atom. The number of hydrogen-bond donors (Lipinski definition) is 2. The normalized spacial score (nSPS) is 24.4. The number of hydrogen-bond acceptors (Lipinski definition) is 3. The molecule has 2 unspecified atom stereocenters. The molecule has 1 aliphatic rings. The van der Waals surface area contributed by atoms with Crippen molar-refractivity contribution >= 4 is 5.69 Å². The third-order valence-corrected chi connectivity index (χ3v) is 3.49. The number of halogens is 1. The lowest BCUT2D eigenvalue weighted by molar-refractivity contribution is 0.144. The molecule has 0 heterocycles. The van der Waals surface area contributed by atoms with E-state index in [4.69, 9.17) is 4.74 Å². The first-order chi connectivity index (χ1) is 8.70. The van der Waals surface area contributed by atoms with Crippen molar-refractivity contribution in [2.75, 3.05) is 12.4 Å². The molecule has 2 atom stereocenters. The van der Waals surface area contributed by atoms with E-state index in [1.807, 2.05) is 0 Å². The van der Waals surface area contributed by atoms with Crippen molar-refractivity contribution in [3.63, 3.8) is 0 Å². The maximum Gasteiger partial charge on any atom is 0.146 e. The summed E-state index contributed by atoms with van der Waals surface area (Å²) >= 11 is 0. The van der Waals surface area contributed by atoms with E-state index in [-0.39, 0.29) is 11.9 Å². The fourth-order valence-electron chi connectivity index (χ4n) is 2.40. The standard InChI is InChI=1S/C14H20FNO2/c1-18-10-7-8-11(15)13(9-10)16-12-5-3-2-4-6-14(12)17/h7-9,12,14,16-17H,2-6H2,1H3. The first-order valence-corrected chi connectivity index (χ1v) is 6.49. The van der Waals surface area contributed by atoms with E-state index in [0.717, 1.165) is 32.1 Å². The fourth-order valence-corrected chi connectivity index (χ4v) is 2.40. The van der Waals surface area contributed by atoms with Crippen LogP contribution in [-0.2, 0) is 0 Å². The molecular formula is C14H20FNO2. The van der Waals surface area contributed by atoms with E-state index in [9.17, 15) is 9.50 Å². The minimum atomic E-state index is -0.405. The number of ether oxygens (including phenoxy) is 1. The van der Waals surface area contributed by atoms with Gasteiger partial charge in [0.15, 0.2) is 0 Å². The van der Waals surface area contributed by atoms with Gasteiger partial charge in [-0.25, -0.2) is 4.39 Å². The SMILES string of the molecule is COc1ccc(F)c(NC2CCCCCC2O)c1. The Labute approximate surface area is 107 Å². The number of aliphatic hydroxyl groups is 1. The van der Waals surface area contributed by atoms with Crippen LogP contribution in [0.1, 0.15) is 32.1 Å². The van der Waals surface area contributed by atoms with Crippen molar-refractivity contribution in [1.29, 1.82) is 0 Å². The van der Waals surface area contributed by atoms with Crippen molar-refractivity contribution in [2.45, 2.75) is 44.2 Å². The van der Waals surface area contributed by atoms with Crippen LogP contribution in [0.3, 0.4) is 0 Å². The first-order valence-electron chi connectivity index (χ1n) is 6.49. The maximum absolute atomic E-state index is 13.7. The van der Waals surface area contributed by atoms with Gasteiger partial charge < -0.3 is 15.2 Å². The molecule has 0 amide bonds. The van der Waals surface area contributed by atoms with Crippen LogP contribution in [0.4, 0.5) is 10.1 Å². The molecule has 3 nitrogen and oxygen atoms in total. The molecule has 1 aromatic carbocycles. The van der Waals surface area contributed by atoms with Crippen LogP contribution in [0.2, 0.25) is 0 Å². The second kappa shape index (κ2) is 6.05. The van der Waals surface area contributed by atoms with Gasteiger partial charge in [0.25, 0.3) is 0 Å². The molecule has 1 saturated carbocycles. The second-order valence-electron chi connectivity index (χ2n) is 4.80. The van der Waals surface area contributed by atoms with Crippen LogP contribution in [-0.4, -0.2) is 24.4 Å². The molecule has 0 aliphatic heterocycles. The van der Waals surface area contributed by atoms with Gasteiger partial charge in [0.1, 0.15) is 11.6 Å². The van der Waals surface area contributed by atoms with Crippen LogP contribution < -0.4 is 10.1 Å². The molecule has 2 N–H and O–H groups in total. The van der Waals surface area contributed by atoms with Crippen molar-refractivity contribution in [3.8, 4) is 5.75 Å². The summed E-state index contributed by atoms with van der Waals surface area (Å²) < 4.78 is 18.8. The molecule has 18 heavy (non-hydrogen) atoms. The van der Waals surface area contributed by atoms with Crippen molar-refractivity contribution in [1.82, 2.24) is 0 Å². The predicted molar refractivity (Wildman–Crippen MR) is 69.5 cm³/mol. The van der Waals surface area contributed by atoms with Gasteiger partial charge in [-0.3, -0.25) is 0 Å². The maximum atomic E-state index is 13.7. The van der Waals surface area contributed by atoms with Gasteiger partial charge in [0.2, 0.25) is 0 Å². The monoisotopic (exact) mass is 253 g/mol. The van der Waals surface area contributed by atoms with E-state index >= 15 is 0 Å².